The van der Waals surface area contributed by atoms with E-state index in [1.807, 2.05) is 12.1 Å². The maximum Gasteiger partial charge on any atom is 0.270 e. The highest BCUT2D eigenvalue weighted by atomic mass is 35.5. The van der Waals surface area contributed by atoms with Gasteiger partial charge in [0.2, 0.25) is 0 Å². The molecule has 3 heteroatoms. The second-order valence-electron chi connectivity index (χ2n) is 35.7. The van der Waals surface area contributed by atoms with E-state index in [-0.39, 0.29) is 13.0 Å². The average Bonchev–Trinajstić information content (AvgIpc) is 0.861. The lowest BCUT2D eigenvalue weighted by Crippen LogP contribution is -2.07. The molecule has 0 aromatic heterocycles. The number of hydrogen-bond acceptors (Lipinski definition) is 0. The van der Waals surface area contributed by atoms with Crippen LogP contribution < -0.4 is 0 Å². The molecule has 1 aliphatic carbocycles. The van der Waals surface area contributed by atoms with Gasteiger partial charge in [-0.1, -0.05) is 400 Å². The molecule has 0 radical (unpaired) electrons. The summed E-state index contributed by atoms with van der Waals surface area (Å²) in [7, 11) is 0. The maximum atomic E-state index is 13.0. The Morgan fingerprint density at radius 1 is 0.306 bits per heavy atom. The second kappa shape index (κ2) is 63.2. The van der Waals surface area contributed by atoms with Gasteiger partial charge in [0, 0.05) is 17.5 Å². The van der Waals surface area contributed by atoms with Crippen molar-refractivity contribution in [2.24, 2.45) is 59.2 Å². The minimum absolute atomic E-state index is 0. The van der Waals surface area contributed by atoms with Gasteiger partial charge in [-0.25, -0.2) is 8.78 Å². The fourth-order valence-electron chi connectivity index (χ4n) is 12.2. The van der Waals surface area contributed by atoms with Gasteiger partial charge in [-0.3, -0.25) is 0 Å². The van der Waals surface area contributed by atoms with Crippen LogP contribution >= 0.6 is 11.6 Å². The van der Waals surface area contributed by atoms with Crippen molar-refractivity contribution in [3.8, 4) is 0 Å². The minimum atomic E-state index is -2.73. The quantitative estimate of drug-likeness (QED) is 0.0438. The lowest BCUT2D eigenvalue weighted by atomic mass is 9.85. The number of alkyl halides is 2. The molecule has 8 aromatic carbocycles. The van der Waals surface area contributed by atoms with Crippen molar-refractivity contribution in [1.82, 2.24) is 0 Å². The largest absolute Gasteiger partial charge is 0.270 e. The fraction of sp³-hybridized carbons (Fsp3) is 0.556. The van der Waals surface area contributed by atoms with Gasteiger partial charge in [0.25, 0.3) is 5.92 Å². The van der Waals surface area contributed by atoms with Crippen molar-refractivity contribution in [1.29, 1.82) is 0 Å². The Morgan fingerprint density at radius 3 is 0.901 bits per heavy atom. The molecule has 0 spiro atoms. The molecule has 0 N–H and O–H groups in total. The number of benzene rings is 8. The molecule has 0 nitrogen and oxygen atoms in total. The summed E-state index contributed by atoms with van der Waals surface area (Å²) in [5.41, 5.74) is 18.0. The van der Waals surface area contributed by atoms with Gasteiger partial charge in [-0.2, -0.15) is 0 Å². The molecule has 1 fully saturated rings. The van der Waals surface area contributed by atoms with Crippen LogP contribution in [0.15, 0.2) is 200 Å². The molecule has 9 rings (SSSR count). The Hall–Kier alpha value is -6.09. The number of hydrogen-bond donors (Lipinski definition) is 0. The summed E-state index contributed by atoms with van der Waals surface area (Å²) in [4.78, 5) is 0. The topological polar surface area (TPSA) is 0 Å². The van der Waals surface area contributed by atoms with Crippen LogP contribution in [0.5, 0.6) is 0 Å². The molecule has 1 saturated carbocycles. The molecular formula is C108H167ClF2. The zero-order valence-electron chi connectivity index (χ0n) is 74.9. The van der Waals surface area contributed by atoms with Crippen molar-refractivity contribution in [2.75, 3.05) is 0 Å². The van der Waals surface area contributed by atoms with Gasteiger partial charge in [0.15, 0.2) is 0 Å². The molecule has 0 saturated heterocycles. The lowest BCUT2D eigenvalue weighted by molar-refractivity contribution is 0.0174. The normalized spacial score (nSPS) is 11.8. The number of aryl methyl sites for hydroxylation is 13. The van der Waals surface area contributed by atoms with Crippen molar-refractivity contribution >= 4 is 11.6 Å². The minimum Gasteiger partial charge on any atom is -0.202 e. The van der Waals surface area contributed by atoms with E-state index in [1.54, 1.807) is 12.1 Å². The Labute approximate surface area is 691 Å². The van der Waals surface area contributed by atoms with E-state index in [9.17, 15) is 8.78 Å². The molecule has 0 amide bonds. The van der Waals surface area contributed by atoms with Crippen LogP contribution in [0.2, 0.25) is 5.02 Å². The molecule has 620 valence electrons. The van der Waals surface area contributed by atoms with Gasteiger partial charge in [-0.15, -0.1) is 0 Å². The summed E-state index contributed by atoms with van der Waals surface area (Å²) in [5, 5.41) is 0.869. The van der Waals surface area contributed by atoms with Crippen LogP contribution in [0.25, 0.3) is 0 Å². The van der Waals surface area contributed by atoms with E-state index >= 15 is 0 Å². The highest BCUT2D eigenvalue weighted by Gasteiger charge is 2.24. The Morgan fingerprint density at radius 2 is 0.586 bits per heavy atom. The smallest absolute Gasteiger partial charge is 0.202 e. The van der Waals surface area contributed by atoms with Crippen molar-refractivity contribution in [3.63, 3.8) is 0 Å². The predicted molar refractivity (Wildman–Crippen MR) is 497 cm³/mol. The third kappa shape index (κ3) is 60.2. The van der Waals surface area contributed by atoms with Crippen LogP contribution in [0.4, 0.5) is 8.78 Å². The molecule has 111 heavy (non-hydrogen) atoms. The van der Waals surface area contributed by atoms with Crippen LogP contribution in [-0.2, 0) is 63.7 Å². The fourth-order valence-corrected chi connectivity index (χ4v) is 12.3. The predicted octanol–water partition coefficient (Wildman–Crippen LogP) is 34.4. The van der Waals surface area contributed by atoms with Crippen molar-refractivity contribution in [2.45, 2.75) is 334 Å². The van der Waals surface area contributed by atoms with E-state index in [0.717, 1.165) is 96.5 Å². The molecular weight excluding hydrogens is 1370 g/mol. The van der Waals surface area contributed by atoms with E-state index in [1.165, 1.54) is 201 Å². The van der Waals surface area contributed by atoms with Gasteiger partial charge in [-0.05, 0) is 264 Å². The summed E-state index contributed by atoms with van der Waals surface area (Å²) in [6.07, 6.45) is 31.1. The Balaban J connectivity index is 0.00000123. The lowest BCUT2D eigenvalue weighted by Gasteiger charge is -2.21. The summed E-state index contributed by atoms with van der Waals surface area (Å²) in [6.45, 7) is 52.3. The van der Waals surface area contributed by atoms with Gasteiger partial charge >= 0.3 is 0 Å². The zero-order valence-corrected chi connectivity index (χ0v) is 75.7. The van der Waals surface area contributed by atoms with Gasteiger partial charge < -0.3 is 0 Å². The second-order valence-corrected chi connectivity index (χ2v) is 36.1. The number of rotatable bonds is 29. The Kier molecular flexibility index (Phi) is 59.8. The van der Waals surface area contributed by atoms with E-state index in [0.29, 0.717) is 5.92 Å². The van der Waals surface area contributed by atoms with Crippen LogP contribution in [0.3, 0.4) is 0 Å². The summed E-state index contributed by atoms with van der Waals surface area (Å²) >= 11 is 5.94. The summed E-state index contributed by atoms with van der Waals surface area (Å²) < 4.78 is 26.1. The van der Waals surface area contributed by atoms with Crippen LogP contribution in [0.1, 0.15) is 320 Å². The monoisotopic (exact) mass is 1540 g/mol. The van der Waals surface area contributed by atoms with Crippen LogP contribution in [0, 0.1) is 86.9 Å². The highest BCUT2D eigenvalue weighted by molar-refractivity contribution is 6.31. The molecule has 0 atom stereocenters. The molecule has 1 aliphatic rings. The first-order chi connectivity index (χ1) is 52.1. The standard InChI is InChI=1S/C13H18F2.C13H20.C12H17Cl.3C12H18.C11H22.2C11H16.CH4/c1-10(2)7-8-11-5-4-6-12(9-11)13(3,14)15;1-4-12-7-9-13(10-8-12)6-5-11(2)3;1-9(2)4-5-11-6-7-12(13)10(3)8-11;2*1-10(2)4-7-12-8-5-11(3)6-9-12;1-10(2)7-8-12-6-4-5-11(3)9-12;3*1-10(2)8-9-11-6-4-3-5-7-11;/h4-6,9-10H,7-8H2,1-3H3;7-11H,4-6H2,1-3H3;6-9H,4-5H2,1-3H3;2*5-6,8-10H,4,7H2,1-3H3;4-6,9-10H,7-8H2,1-3H3;10-11H,3-9H2,1-2H3;2*3-7,10H,8-9H2,1-2H3;1H4. The number of halogens is 3. The first-order valence-corrected chi connectivity index (χ1v) is 44.0. The highest BCUT2D eigenvalue weighted by Crippen LogP contribution is 2.30. The van der Waals surface area contributed by atoms with Gasteiger partial charge in [0.05, 0.1) is 0 Å². The molecule has 0 heterocycles. The third-order valence-corrected chi connectivity index (χ3v) is 20.5. The Bertz CT molecular complexity index is 3310. The van der Waals surface area contributed by atoms with E-state index < -0.39 is 5.92 Å². The summed E-state index contributed by atoms with van der Waals surface area (Å²) in [6, 6.07) is 69.9. The molecule has 0 aliphatic heterocycles. The maximum absolute atomic E-state index is 13.0. The van der Waals surface area contributed by atoms with Crippen LogP contribution in [-0.4, -0.2) is 0 Å². The zero-order chi connectivity index (χ0) is 82.2. The van der Waals surface area contributed by atoms with Crippen molar-refractivity contribution < 1.29 is 8.78 Å². The molecule has 0 unspecified atom stereocenters. The first-order valence-electron chi connectivity index (χ1n) is 43.7. The van der Waals surface area contributed by atoms with Crippen molar-refractivity contribution in [3.05, 3.63) is 283 Å². The average molecular weight is 1540 g/mol. The SMILES string of the molecule is C.CC(C)CCC1CCCCC1.CC(C)CCc1cccc(C(C)(F)F)c1.CC(C)CCc1ccccc1.CC(C)CCc1ccccc1.CCc1ccc(CCC(C)C)cc1.Cc1cc(CCC(C)C)ccc1Cl.Cc1ccc(CCC(C)C)cc1.Cc1ccc(CCC(C)C)cc1.Cc1cccc(CCC(C)C)c1. The summed E-state index contributed by atoms with van der Waals surface area (Å²) in [5.74, 6) is 5.53. The third-order valence-electron chi connectivity index (χ3n) is 20.1. The molecule has 8 aromatic rings. The first kappa shape index (κ1) is 105. The van der Waals surface area contributed by atoms with E-state index in [2.05, 4.69) is 329 Å². The van der Waals surface area contributed by atoms with E-state index in [4.69, 9.17) is 11.6 Å². The van der Waals surface area contributed by atoms with Gasteiger partial charge in [0.1, 0.15) is 0 Å². The molecule has 0 bridgehead atoms.